The highest BCUT2D eigenvalue weighted by Gasteiger charge is 2.27. The molecule has 1 aromatic rings. The number of aliphatic hydroxyl groups is 2. The summed E-state index contributed by atoms with van der Waals surface area (Å²) in [7, 11) is 0. The second kappa shape index (κ2) is 7.00. The van der Waals surface area contributed by atoms with Crippen molar-refractivity contribution in [2.24, 2.45) is 0 Å². The lowest BCUT2D eigenvalue weighted by atomic mass is 9.79. The molecule has 0 saturated heterocycles. The quantitative estimate of drug-likeness (QED) is 0.569. The van der Waals surface area contributed by atoms with Gasteiger partial charge in [0.05, 0.1) is 0 Å². The summed E-state index contributed by atoms with van der Waals surface area (Å²) in [5, 5.41) is 29.5. The molecule has 0 aliphatic heterocycles. The number of halogens is 1. The first-order valence-electron chi connectivity index (χ1n) is 7.35. The number of hydrogen-bond acceptors (Lipinski definition) is 4. The molecule has 0 fully saturated rings. The molecule has 0 bridgehead atoms. The Labute approximate surface area is 142 Å². The summed E-state index contributed by atoms with van der Waals surface area (Å²) in [6, 6.07) is 3.89. The summed E-state index contributed by atoms with van der Waals surface area (Å²) < 4.78 is 0. The lowest BCUT2D eigenvalue weighted by molar-refractivity contribution is 0.0860. The zero-order valence-electron chi connectivity index (χ0n) is 14.1. The van der Waals surface area contributed by atoms with Crippen LogP contribution in [0.15, 0.2) is 17.0 Å². The van der Waals surface area contributed by atoms with Crippen LogP contribution in [0.3, 0.4) is 0 Å². The number of thioether (sulfide) groups is 1. The smallest absolute Gasteiger partial charge is 0.154 e. The lowest BCUT2D eigenvalue weighted by Crippen LogP contribution is -2.22. The van der Waals surface area contributed by atoms with Crippen molar-refractivity contribution in [3.05, 3.63) is 23.3 Å². The summed E-state index contributed by atoms with van der Waals surface area (Å²) in [6.45, 7) is 12.3. The third-order valence-corrected chi connectivity index (χ3v) is 4.81. The number of benzene rings is 1. The summed E-state index contributed by atoms with van der Waals surface area (Å²) in [5.74, 6) is 0.630. The van der Waals surface area contributed by atoms with E-state index in [4.69, 9.17) is 11.6 Å². The molecule has 0 heterocycles. The van der Waals surface area contributed by atoms with Crippen molar-refractivity contribution in [3.8, 4) is 5.75 Å². The lowest BCUT2D eigenvalue weighted by Gasteiger charge is -2.28. The van der Waals surface area contributed by atoms with Gasteiger partial charge in [0.2, 0.25) is 0 Å². The second-order valence-corrected chi connectivity index (χ2v) is 9.16. The maximum atomic E-state index is 10.6. The maximum Gasteiger partial charge on any atom is 0.154 e. The number of aromatic hydroxyl groups is 1. The second-order valence-electron chi connectivity index (χ2n) is 7.62. The van der Waals surface area contributed by atoms with Gasteiger partial charge < -0.3 is 15.3 Å². The van der Waals surface area contributed by atoms with E-state index >= 15 is 0 Å². The van der Waals surface area contributed by atoms with E-state index in [1.807, 2.05) is 12.1 Å². The van der Waals surface area contributed by atoms with Crippen LogP contribution in [0.2, 0.25) is 0 Å². The molecule has 0 amide bonds. The number of alkyl halides is 1. The van der Waals surface area contributed by atoms with Crippen LogP contribution in [-0.2, 0) is 10.8 Å². The van der Waals surface area contributed by atoms with Crippen molar-refractivity contribution >= 4 is 23.4 Å². The van der Waals surface area contributed by atoms with Crippen LogP contribution in [0.1, 0.15) is 52.7 Å². The molecule has 0 saturated carbocycles. The third kappa shape index (κ3) is 5.05. The Bertz CT molecular complexity index is 481. The molecule has 3 nitrogen and oxygen atoms in total. The summed E-state index contributed by atoms with van der Waals surface area (Å²) in [5.41, 5.74) is 0.108. The predicted molar refractivity (Wildman–Crippen MR) is 94.1 cm³/mol. The topological polar surface area (TPSA) is 60.7 Å². The number of phenols is 1. The minimum absolute atomic E-state index is 0.189. The number of hydrogen-bond donors (Lipinski definition) is 3. The van der Waals surface area contributed by atoms with Crippen molar-refractivity contribution in [1.29, 1.82) is 0 Å². The largest absolute Gasteiger partial charge is 0.507 e. The molecular weight excluding hydrogens is 320 g/mol. The zero-order valence-corrected chi connectivity index (χ0v) is 15.7. The van der Waals surface area contributed by atoms with Gasteiger partial charge in [0.25, 0.3) is 0 Å². The monoisotopic (exact) mass is 346 g/mol. The normalized spacial score (nSPS) is 15.7. The molecule has 1 aromatic carbocycles. The van der Waals surface area contributed by atoms with Gasteiger partial charge in [-0.3, -0.25) is 0 Å². The van der Waals surface area contributed by atoms with Crippen LogP contribution < -0.4 is 0 Å². The fraction of sp³-hybridized carbons (Fsp3) is 0.647. The zero-order chi connectivity index (χ0) is 17.3. The van der Waals surface area contributed by atoms with Crippen LogP contribution in [0, 0.1) is 0 Å². The Kier molecular flexibility index (Phi) is 6.24. The van der Waals surface area contributed by atoms with Gasteiger partial charge in [-0.25, -0.2) is 0 Å². The van der Waals surface area contributed by atoms with Crippen molar-refractivity contribution in [2.75, 3.05) is 5.75 Å². The van der Waals surface area contributed by atoms with Crippen molar-refractivity contribution in [3.63, 3.8) is 0 Å². The molecule has 0 radical (unpaired) electrons. The fourth-order valence-corrected chi connectivity index (χ4v) is 3.24. The van der Waals surface area contributed by atoms with E-state index in [1.54, 1.807) is 0 Å². The Morgan fingerprint density at radius 1 is 1.00 bits per heavy atom. The van der Waals surface area contributed by atoms with Gasteiger partial charge in [0, 0.05) is 21.8 Å². The van der Waals surface area contributed by atoms with Gasteiger partial charge in [-0.1, -0.05) is 53.1 Å². The average Bonchev–Trinajstić information content (AvgIpc) is 2.33. The van der Waals surface area contributed by atoms with E-state index < -0.39 is 11.7 Å². The van der Waals surface area contributed by atoms with Gasteiger partial charge in [-0.05, 0) is 23.0 Å². The number of phenolic OH excluding ortho intramolecular Hbond substituents is 1. The van der Waals surface area contributed by atoms with Crippen molar-refractivity contribution < 1.29 is 15.3 Å². The van der Waals surface area contributed by atoms with E-state index in [0.717, 1.165) is 16.0 Å². The van der Waals surface area contributed by atoms with Crippen LogP contribution in [0.25, 0.3) is 0 Å². The van der Waals surface area contributed by atoms with Crippen LogP contribution in [-0.4, -0.2) is 32.7 Å². The number of rotatable bonds is 4. The van der Waals surface area contributed by atoms with E-state index in [2.05, 4.69) is 41.5 Å². The molecule has 5 heteroatoms. The minimum Gasteiger partial charge on any atom is -0.507 e. The van der Waals surface area contributed by atoms with Crippen LogP contribution >= 0.6 is 23.4 Å². The Morgan fingerprint density at radius 3 is 1.73 bits per heavy atom. The molecule has 3 N–H and O–H groups in total. The van der Waals surface area contributed by atoms with Crippen molar-refractivity contribution in [2.45, 2.75) is 68.9 Å². The molecule has 22 heavy (non-hydrogen) atoms. The molecule has 2 unspecified atom stereocenters. The molecule has 2 atom stereocenters. The van der Waals surface area contributed by atoms with E-state index in [-0.39, 0.29) is 10.8 Å². The molecular formula is C17H27ClO3S. The number of aliphatic hydroxyl groups excluding tert-OH is 2. The first-order valence-corrected chi connectivity index (χ1v) is 8.77. The highest BCUT2D eigenvalue weighted by molar-refractivity contribution is 7.99. The highest BCUT2D eigenvalue weighted by Crippen LogP contribution is 2.41. The average molecular weight is 347 g/mol. The van der Waals surface area contributed by atoms with Gasteiger partial charge in [-0.2, -0.15) is 0 Å². The standard InChI is InChI=1S/C17H27ClO3S/c1-16(2,3)11-7-10(22-9-13(19)15(18)21)8-12(14(11)20)17(4,5)6/h7-8,13,15,19-21H,9H2,1-6H3. The van der Waals surface area contributed by atoms with E-state index in [9.17, 15) is 15.3 Å². The van der Waals surface area contributed by atoms with Gasteiger partial charge in [0.1, 0.15) is 11.9 Å². The molecule has 0 aromatic heterocycles. The minimum atomic E-state index is -1.27. The molecule has 0 aliphatic carbocycles. The molecule has 0 spiro atoms. The first kappa shape index (κ1) is 19.6. The highest BCUT2D eigenvalue weighted by atomic mass is 35.5. The summed E-state index contributed by atoms with van der Waals surface area (Å²) in [6.07, 6.45) is -0.989. The Balaban J connectivity index is 3.24. The van der Waals surface area contributed by atoms with Gasteiger partial charge in [0.15, 0.2) is 5.56 Å². The van der Waals surface area contributed by atoms with E-state index in [1.165, 1.54) is 11.8 Å². The molecule has 1 rings (SSSR count). The maximum absolute atomic E-state index is 10.6. The predicted octanol–water partition coefficient (Wildman–Crippen LogP) is 4.00. The first-order chi connectivity index (χ1) is 9.84. The molecule has 126 valence electrons. The van der Waals surface area contributed by atoms with Crippen LogP contribution in [0.5, 0.6) is 5.75 Å². The van der Waals surface area contributed by atoms with Gasteiger partial charge in [-0.15, -0.1) is 11.8 Å². The van der Waals surface area contributed by atoms with Crippen LogP contribution in [0.4, 0.5) is 0 Å². The van der Waals surface area contributed by atoms with E-state index in [0.29, 0.717) is 11.5 Å². The van der Waals surface area contributed by atoms with Gasteiger partial charge >= 0.3 is 0 Å². The van der Waals surface area contributed by atoms with Crippen molar-refractivity contribution in [1.82, 2.24) is 0 Å². The summed E-state index contributed by atoms with van der Waals surface area (Å²) in [4.78, 5) is 0.948. The Hall–Kier alpha value is -0.420. The fourth-order valence-electron chi connectivity index (χ4n) is 2.10. The summed E-state index contributed by atoms with van der Waals surface area (Å²) >= 11 is 6.90. The SMILES string of the molecule is CC(C)(C)c1cc(SCC(O)C(O)Cl)cc(C(C)(C)C)c1O. The third-order valence-electron chi connectivity index (χ3n) is 3.44. The Morgan fingerprint density at radius 2 is 1.41 bits per heavy atom. The molecule has 0 aliphatic rings.